The Labute approximate surface area is 175 Å². The molecule has 0 fully saturated rings. The van der Waals surface area contributed by atoms with Gasteiger partial charge in [-0.05, 0) is 68.5 Å². The van der Waals surface area contributed by atoms with E-state index < -0.39 is 5.97 Å². The van der Waals surface area contributed by atoms with E-state index in [-0.39, 0.29) is 11.4 Å². The Morgan fingerprint density at radius 2 is 1.72 bits per heavy atom. The van der Waals surface area contributed by atoms with Crippen LogP contribution in [-0.4, -0.2) is 5.97 Å². The van der Waals surface area contributed by atoms with Crippen LogP contribution in [0.15, 0.2) is 71.2 Å². The van der Waals surface area contributed by atoms with E-state index in [1.165, 1.54) is 24.3 Å². The summed E-state index contributed by atoms with van der Waals surface area (Å²) in [5, 5.41) is 20.3. The zero-order valence-electron chi connectivity index (χ0n) is 15.1. The molecule has 0 spiro atoms. The average Bonchev–Trinajstić information content (AvgIpc) is 2.72. The van der Waals surface area contributed by atoms with Crippen molar-refractivity contribution in [3.63, 3.8) is 0 Å². The van der Waals surface area contributed by atoms with E-state index in [4.69, 9.17) is 4.74 Å². The molecule has 0 atom stereocenters. The lowest BCUT2D eigenvalue weighted by Gasteiger charge is -2.09. The highest BCUT2D eigenvalue weighted by Crippen LogP contribution is 2.29. The third-order valence-electron chi connectivity index (χ3n) is 4.13. The van der Waals surface area contributed by atoms with Gasteiger partial charge < -0.3 is 14.6 Å². The number of nitrogens with zero attached hydrogens (tertiary/aromatic N) is 1. The summed E-state index contributed by atoms with van der Waals surface area (Å²) in [7, 11) is 0. The zero-order valence-corrected chi connectivity index (χ0v) is 16.6. The number of carboxylic acid groups (broad SMARTS) is 1. The van der Waals surface area contributed by atoms with E-state index in [0.29, 0.717) is 28.0 Å². The predicted octanol–water partition coefficient (Wildman–Crippen LogP) is 4.59. The topological polar surface area (TPSA) is 73.1 Å². The van der Waals surface area contributed by atoms with Crippen molar-refractivity contribution in [2.45, 2.75) is 6.61 Å². The van der Waals surface area contributed by atoms with Crippen molar-refractivity contribution in [1.82, 2.24) is 0 Å². The average molecular weight is 451 g/mol. The SMILES string of the molecule is N#C/C(=C\c1ccc(OCc2ccc(F)cc2)c(Br)c1)c1ccc(C(=O)[O-])cc1. The number of carboxylic acids is 1. The van der Waals surface area contributed by atoms with Crippen LogP contribution in [0.25, 0.3) is 11.6 Å². The Morgan fingerprint density at radius 3 is 2.31 bits per heavy atom. The number of hydrogen-bond acceptors (Lipinski definition) is 4. The van der Waals surface area contributed by atoms with Crippen molar-refractivity contribution in [1.29, 1.82) is 5.26 Å². The molecule has 0 saturated carbocycles. The van der Waals surface area contributed by atoms with Crippen LogP contribution < -0.4 is 9.84 Å². The Kier molecular flexibility index (Phi) is 6.43. The quantitative estimate of drug-likeness (QED) is 0.406. The molecule has 0 aromatic heterocycles. The summed E-state index contributed by atoms with van der Waals surface area (Å²) in [6, 6.07) is 19.5. The van der Waals surface area contributed by atoms with Crippen LogP contribution in [0.4, 0.5) is 4.39 Å². The first-order chi connectivity index (χ1) is 14.0. The standard InChI is InChI=1S/C23H15BrFNO3/c24-21-12-16(3-10-22(21)29-14-15-1-8-20(25)9-2-15)11-19(13-26)17-4-6-18(7-5-17)23(27)28/h1-12H,14H2,(H,27,28)/p-1/b19-11+. The summed E-state index contributed by atoms with van der Waals surface area (Å²) in [5.74, 6) is -0.948. The lowest BCUT2D eigenvalue weighted by Crippen LogP contribution is -2.21. The molecule has 6 heteroatoms. The second-order valence-corrected chi connectivity index (χ2v) is 6.99. The fourth-order valence-electron chi connectivity index (χ4n) is 2.60. The maximum atomic E-state index is 13.0. The molecule has 3 aromatic rings. The molecule has 3 rings (SSSR count). The number of halogens is 2. The Morgan fingerprint density at radius 1 is 1.07 bits per heavy atom. The van der Waals surface area contributed by atoms with Crippen LogP contribution in [0.1, 0.15) is 27.0 Å². The van der Waals surface area contributed by atoms with Gasteiger partial charge in [-0.25, -0.2) is 4.39 Å². The molecule has 0 amide bonds. The van der Waals surface area contributed by atoms with Gasteiger partial charge in [-0.2, -0.15) is 5.26 Å². The summed E-state index contributed by atoms with van der Waals surface area (Å²) >= 11 is 3.46. The van der Waals surface area contributed by atoms with Crippen LogP contribution in [0.3, 0.4) is 0 Å². The molecular weight excluding hydrogens is 437 g/mol. The minimum absolute atomic E-state index is 0.0523. The first kappa shape index (κ1) is 20.3. The molecule has 144 valence electrons. The molecule has 0 bridgehead atoms. The molecule has 29 heavy (non-hydrogen) atoms. The van der Waals surface area contributed by atoms with Gasteiger partial charge in [0, 0.05) is 0 Å². The number of rotatable bonds is 6. The normalized spacial score (nSPS) is 11.0. The van der Waals surface area contributed by atoms with Gasteiger partial charge in [0.05, 0.1) is 22.1 Å². The lowest BCUT2D eigenvalue weighted by atomic mass is 10.0. The zero-order chi connectivity index (χ0) is 20.8. The molecule has 0 radical (unpaired) electrons. The number of benzene rings is 3. The number of carbonyl (C=O) groups is 1. The number of aromatic carboxylic acids is 1. The van der Waals surface area contributed by atoms with Crippen molar-refractivity contribution in [3.05, 3.63) is 99.3 Å². The minimum atomic E-state index is -1.26. The number of hydrogen-bond donors (Lipinski definition) is 0. The van der Waals surface area contributed by atoms with E-state index in [2.05, 4.69) is 22.0 Å². The van der Waals surface area contributed by atoms with Crippen molar-refractivity contribution < 1.29 is 19.0 Å². The monoisotopic (exact) mass is 450 g/mol. The highest BCUT2D eigenvalue weighted by Gasteiger charge is 2.06. The Hall–Kier alpha value is -3.43. The van der Waals surface area contributed by atoms with Gasteiger partial charge in [0.25, 0.3) is 0 Å². The second-order valence-electron chi connectivity index (χ2n) is 6.14. The first-order valence-corrected chi connectivity index (χ1v) is 9.36. The minimum Gasteiger partial charge on any atom is -0.545 e. The van der Waals surface area contributed by atoms with E-state index in [9.17, 15) is 19.6 Å². The summed E-state index contributed by atoms with van der Waals surface area (Å²) in [4.78, 5) is 10.8. The molecule has 0 aliphatic heterocycles. The molecule has 0 unspecified atom stereocenters. The van der Waals surface area contributed by atoms with Gasteiger partial charge in [0.15, 0.2) is 0 Å². The maximum Gasteiger partial charge on any atom is 0.134 e. The highest BCUT2D eigenvalue weighted by atomic mass is 79.9. The van der Waals surface area contributed by atoms with E-state index >= 15 is 0 Å². The summed E-state index contributed by atoms with van der Waals surface area (Å²) < 4.78 is 19.4. The second kappa shape index (κ2) is 9.18. The lowest BCUT2D eigenvalue weighted by molar-refractivity contribution is -0.255. The highest BCUT2D eigenvalue weighted by molar-refractivity contribution is 9.10. The third kappa shape index (κ3) is 5.31. The van der Waals surface area contributed by atoms with Crippen LogP contribution in [-0.2, 0) is 6.61 Å². The number of allylic oxidation sites excluding steroid dienone is 1. The fourth-order valence-corrected chi connectivity index (χ4v) is 3.11. The Balaban J connectivity index is 1.76. The molecule has 0 aliphatic rings. The van der Waals surface area contributed by atoms with Gasteiger partial charge in [-0.3, -0.25) is 0 Å². The summed E-state index contributed by atoms with van der Waals surface area (Å²) in [6.07, 6.45) is 1.70. The summed E-state index contributed by atoms with van der Waals surface area (Å²) in [5.41, 5.74) is 2.66. The first-order valence-electron chi connectivity index (χ1n) is 8.56. The molecule has 4 nitrogen and oxygen atoms in total. The molecular formula is C23H14BrFNO3-. The predicted molar refractivity (Wildman–Crippen MR) is 109 cm³/mol. The molecule has 0 saturated heterocycles. The van der Waals surface area contributed by atoms with Crippen molar-refractivity contribution >= 4 is 33.5 Å². The smallest absolute Gasteiger partial charge is 0.134 e. The molecule has 0 heterocycles. The largest absolute Gasteiger partial charge is 0.545 e. The van der Waals surface area contributed by atoms with Crippen molar-refractivity contribution in [2.24, 2.45) is 0 Å². The third-order valence-corrected chi connectivity index (χ3v) is 4.75. The van der Waals surface area contributed by atoms with E-state index in [1.807, 2.05) is 6.07 Å². The Bertz CT molecular complexity index is 1100. The van der Waals surface area contributed by atoms with Gasteiger partial charge in [-0.15, -0.1) is 0 Å². The van der Waals surface area contributed by atoms with Crippen molar-refractivity contribution in [3.8, 4) is 11.8 Å². The van der Waals surface area contributed by atoms with Crippen LogP contribution in [0, 0.1) is 17.1 Å². The maximum absolute atomic E-state index is 13.0. The van der Waals surface area contributed by atoms with Crippen LogP contribution in [0.5, 0.6) is 5.75 Å². The van der Waals surface area contributed by atoms with E-state index in [0.717, 1.165) is 11.1 Å². The van der Waals surface area contributed by atoms with Crippen LogP contribution in [0.2, 0.25) is 0 Å². The molecule has 0 N–H and O–H groups in total. The van der Waals surface area contributed by atoms with Crippen molar-refractivity contribution in [2.75, 3.05) is 0 Å². The van der Waals surface area contributed by atoms with Gasteiger partial charge in [0.2, 0.25) is 0 Å². The summed E-state index contributed by atoms with van der Waals surface area (Å²) in [6.45, 7) is 0.294. The number of carbonyl (C=O) groups excluding carboxylic acids is 1. The number of nitriles is 1. The van der Waals surface area contributed by atoms with Gasteiger partial charge in [0.1, 0.15) is 18.2 Å². The number of ether oxygens (including phenoxy) is 1. The van der Waals surface area contributed by atoms with E-state index in [1.54, 1.807) is 42.5 Å². The van der Waals surface area contributed by atoms with Gasteiger partial charge >= 0.3 is 0 Å². The molecule has 3 aromatic carbocycles. The molecule has 0 aliphatic carbocycles. The fraction of sp³-hybridized carbons (Fsp3) is 0.0435. The van der Waals surface area contributed by atoms with Gasteiger partial charge in [-0.1, -0.05) is 42.5 Å². The van der Waals surface area contributed by atoms with Crippen LogP contribution >= 0.6 is 15.9 Å².